The lowest BCUT2D eigenvalue weighted by Crippen LogP contribution is -2.51. The van der Waals surface area contributed by atoms with Gasteiger partial charge in [-0.15, -0.1) is 0 Å². The highest BCUT2D eigenvalue weighted by Crippen LogP contribution is 2.39. The Morgan fingerprint density at radius 2 is 1.93 bits per heavy atom. The molecule has 0 bridgehead atoms. The molecule has 3 heterocycles. The van der Waals surface area contributed by atoms with Gasteiger partial charge in [0.05, 0.1) is 5.60 Å². The van der Waals surface area contributed by atoms with E-state index < -0.39 is 0 Å². The fraction of sp³-hybridized carbons (Fsp3) is 0.857. The highest BCUT2D eigenvalue weighted by molar-refractivity contribution is 5.76. The second kappa shape index (κ2) is 8.29. The molecule has 0 aromatic carbocycles. The molecule has 150 valence electrons. The highest BCUT2D eigenvalue weighted by Gasteiger charge is 2.41. The monoisotopic (exact) mass is 375 g/mol. The van der Waals surface area contributed by atoms with Gasteiger partial charge >= 0.3 is 0 Å². The Hall–Kier alpha value is -1.43. The molecule has 4 rings (SSSR count). The smallest absolute Gasteiger partial charge is 0.223 e. The minimum absolute atomic E-state index is 0.0523. The van der Waals surface area contributed by atoms with E-state index in [2.05, 4.69) is 15.0 Å². The van der Waals surface area contributed by atoms with Crippen LogP contribution in [0.1, 0.15) is 75.9 Å². The summed E-state index contributed by atoms with van der Waals surface area (Å²) in [6.45, 7) is 4.33. The van der Waals surface area contributed by atoms with E-state index in [-0.39, 0.29) is 5.60 Å². The molecular weight excluding hydrogens is 342 g/mol. The summed E-state index contributed by atoms with van der Waals surface area (Å²) in [5, 5.41) is 4.05. The lowest BCUT2D eigenvalue weighted by atomic mass is 9.78. The number of hydrogen-bond acceptors (Lipinski definition) is 5. The number of rotatable bonds is 4. The van der Waals surface area contributed by atoms with E-state index in [1.54, 1.807) is 0 Å². The summed E-state index contributed by atoms with van der Waals surface area (Å²) in [6.07, 6.45) is 12.1. The fourth-order valence-electron chi connectivity index (χ4n) is 5.27. The van der Waals surface area contributed by atoms with Crippen molar-refractivity contribution < 1.29 is 14.1 Å². The van der Waals surface area contributed by atoms with Crippen molar-refractivity contribution in [3.8, 4) is 0 Å². The molecule has 6 heteroatoms. The van der Waals surface area contributed by atoms with Gasteiger partial charge < -0.3 is 14.2 Å². The van der Waals surface area contributed by atoms with E-state index in [9.17, 15) is 4.79 Å². The molecule has 1 unspecified atom stereocenters. The van der Waals surface area contributed by atoms with Crippen LogP contribution in [0, 0.1) is 18.8 Å². The van der Waals surface area contributed by atoms with Crippen molar-refractivity contribution in [2.75, 3.05) is 19.7 Å². The summed E-state index contributed by atoms with van der Waals surface area (Å²) in [4.78, 5) is 19.2. The Balaban J connectivity index is 1.27. The van der Waals surface area contributed by atoms with Crippen LogP contribution in [0.4, 0.5) is 0 Å². The third kappa shape index (κ3) is 4.71. The van der Waals surface area contributed by atoms with Crippen molar-refractivity contribution in [2.24, 2.45) is 11.8 Å². The predicted octanol–water partition coefficient (Wildman–Crippen LogP) is 3.68. The number of carbonyl (C=O) groups is 1. The number of carbonyl (C=O) groups excluding carboxylic acids is 1. The van der Waals surface area contributed by atoms with Crippen LogP contribution in [0.5, 0.6) is 0 Å². The van der Waals surface area contributed by atoms with Gasteiger partial charge in [0.15, 0.2) is 5.82 Å². The third-order valence-corrected chi connectivity index (χ3v) is 6.85. The molecule has 2 saturated heterocycles. The second-order valence-electron chi connectivity index (χ2n) is 8.91. The van der Waals surface area contributed by atoms with Gasteiger partial charge in [-0.2, -0.15) is 4.98 Å². The average Bonchev–Trinajstić information content (AvgIpc) is 3.08. The van der Waals surface area contributed by atoms with Gasteiger partial charge in [-0.05, 0) is 50.4 Å². The van der Waals surface area contributed by atoms with Crippen molar-refractivity contribution in [1.82, 2.24) is 15.0 Å². The van der Waals surface area contributed by atoms with Crippen LogP contribution in [0.15, 0.2) is 4.52 Å². The standard InChI is InChI=1S/C21H33N3O3/c1-16-22-19(23-27-16)13-18-7-12-26-21(15-18)8-10-24(11-9-21)20(25)14-17-5-3-2-4-6-17/h17-18H,2-15H2,1H3. The van der Waals surface area contributed by atoms with Gasteiger partial charge in [0.25, 0.3) is 0 Å². The topological polar surface area (TPSA) is 68.5 Å². The SMILES string of the molecule is Cc1nc(CC2CCOC3(CCN(C(=O)CC4CCCCC4)CC3)C2)no1. The first-order valence-electron chi connectivity index (χ1n) is 10.8. The molecule has 2 aliphatic heterocycles. The van der Waals surface area contributed by atoms with Gasteiger partial charge in [0.1, 0.15) is 0 Å². The molecular formula is C21H33N3O3. The molecule has 1 aromatic heterocycles. The van der Waals surface area contributed by atoms with E-state index in [0.29, 0.717) is 23.6 Å². The van der Waals surface area contributed by atoms with E-state index in [4.69, 9.17) is 9.26 Å². The van der Waals surface area contributed by atoms with Crippen LogP contribution in [0.25, 0.3) is 0 Å². The summed E-state index contributed by atoms with van der Waals surface area (Å²) in [7, 11) is 0. The molecule has 1 amide bonds. The molecule has 1 aromatic rings. The van der Waals surface area contributed by atoms with Crippen molar-refractivity contribution in [3.63, 3.8) is 0 Å². The summed E-state index contributed by atoms with van der Waals surface area (Å²) in [5.41, 5.74) is -0.0523. The largest absolute Gasteiger partial charge is 0.375 e. The summed E-state index contributed by atoms with van der Waals surface area (Å²) in [5.74, 6) is 2.98. The molecule has 1 spiro atoms. The first kappa shape index (κ1) is 18.9. The van der Waals surface area contributed by atoms with Crippen molar-refractivity contribution >= 4 is 5.91 Å². The van der Waals surface area contributed by atoms with E-state index in [1.807, 2.05) is 6.92 Å². The van der Waals surface area contributed by atoms with Crippen LogP contribution in [-0.4, -0.2) is 46.2 Å². The Labute approximate surface area is 162 Å². The molecule has 0 radical (unpaired) electrons. The Morgan fingerprint density at radius 1 is 1.15 bits per heavy atom. The molecule has 1 atom stereocenters. The van der Waals surface area contributed by atoms with E-state index in [0.717, 1.165) is 64.0 Å². The number of likely N-dealkylation sites (tertiary alicyclic amines) is 1. The quantitative estimate of drug-likeness (QED) is 0.803. The molecule has 3 aliphatic rings. The van der Waals surface area contributed by atoms with Gasteiger partial charge in [0.2, 0.25) is 11.8 Å². The zero-order chi connectivity index (χ0) is 18.7. The van der Waals surface area contributed by atoms with Crippen molar-refractivity contribution in [2.45, 2.75) is 83.2 Å². The van der Waals surface area contributed by atoms with Gasteiger partial charge in [-0.3, -0.25) is 4.79 Å². The lowest BCUT2D eigenvalue weighted by Gasteiger charge is -2.46. The van der Waals surface area contributed by atoms with Crippen LogP contribution in [0.2, 0.25) is 0 Å². The highest BCUT2D eigenvalue weighted by atomic mass is 16.5. The van der Waals surface area contributed by atoms with E-state index in [1.165, 1.54) is 32.1 Å². The number of hydrogen-bond donors (Lipinski definition) is 0. The maximum Gasteiger partial charge on any atom is 0.223 e. The van der Waals surface area contributed by atoms with Crippen LogP contribution in [-0.2, 0) is 16.0 Å². The second-order valence-corrected chi connectivity index (χ2v) is 8.91. The van der Waals surface area contributed by atoms with E-state index >= 15 is 0 Å². The maximum absolute atomic E-state index is 12.7. The lowest BCUT2D eigenvalue weighted by molar-refractivity contribution is -0.148. The van der Waals surface area contributed by atoms with Gasteiger partial charge in [-0.25, -0.2) is 0 Å². The Morgan fingerprint density at radius 3 is 2.63 bits per heavy atom. The van der Waals surface area contributed by atoms with Crippen molar-refractivity contribution in [3.05, 3.63) is 11.7 Å². The number of amides is 1. The summed E-state index contributed by atoms with van der Waals surface area (Å²) in [6, 6.07) is 0. The van der Waals surface area contributed by atoms with Crippen LogP contribution >= 0.6 is 0 Å². The fourth-order valence-corrected chi connectivity index (χ4v) is 5.27. The molecule has 0 N–H and O–H groups in total. The normalized spacial score (nSPS) is 26.4. The number of piperidine rings is 1. The van der Waals surface area contributed by atoms with Crippen molar-refractivity contribution in [1.29, 1.82) is 0 Å². The predicted molar refractivity (Wildman–Crippen MR) is 101 cm³/mol. The van der Waals surface area contributed by atoms with Crippen LogP contribution < -0.4 is 0 Å². The number of ether oxygens (including phenoxy) is 1. The third-order valence-electron chi connectivity index (χ3n) is 6.85. The first-order chi connectivity index (χ1) is 13.1. The average molecular weight is 376 g/mol. The molecule has 27 heavy (non-hydrogen) atoms. The molecule has 1 aliphatic carbocycles. The molecule has 6 nitrogen and oxygen atoms in total. The number of aryl methyl sites for hydroxylation is 1. The Bertz CT molecular complexity index is 630. The molecule has 1 saturated carbocycles. The Kier molecular flexibility index (Phi) is 5.81. The molecule has 3 fully saturated rings. The zero-order valence-corrected chi connectivity index (χ0v) is 16.6. The first-order valence-corrected chi connectivity index (χ1v) is 10.8. The minimum Gasteiger partial charge on any atom is -0.375 e. The van der Waals surface area contributed by atoms with Crippen LogP contribution in [0.3, 0.4) is 0 Å². The minimum atomic E-state index is -0.0523. The number of aromatic nitrogens is 2. The number of nitrogens with zero attached hydrogens (tertiary/aromatic N) is 3. The van der Waals surface area contributed by atoms with Gasteiger partial charge in [0, 0.05) is 39.5 Å². The zero-order valence-electron chi connectivity index (χ0n) is 16.6. The summed E-state index contributed by atoms with van der Waals surface area (Å²) >= 11 is 0. The maximum atomic E-state index is 12.7. The summed E-state index contributed by atoms with van der Waals surface area (Å²) < 4.78 is 11.4. The van der Waals surface area contributed by atoms with Gasteiger partial charge in [-0.1, -0.05) is 24.4 Å².